The van der Waals surface area contributed by atoms with Gasteiger partial charge in [-0.3, -0.25) is 14.4 Å². The molecule has 4 aromatic heterocycles. The van der Waals surface area contributed by atoms with Gasteiger partial charge in [0.15, 0.2) is 0 Å². The van der Waals surface area contributed by atoms with Crippen LogP contribution in [0.1, 0.15) is 66.6 Å². The van der Waals surface area contributed by atoms with Crippen LogP contribution in [0.15, 0.2) is 80.5 Å². The van der Waals surface area contributed by atoms with Crippen LogP contribution in [0.25, 0.3) is 43.2 Å². The first-order valence-corrected chi connectivity index (χ1v) is 20.7. The Morgan fingerprint density at radius 1 is 0.911 bits per heavy atom. The van der Waals surface area contributed by atoms with Crippen LogP contribution in [-0.4, -0.2) is 64.8 Å². The minimum absolute atomic E-state index is 0.00552. The highest BCUT2D eigenvalue weighted by Crippen LogP contribution is 2.53. The lowest BCUT2D eigenvalue weighted by Gasteiger charge is -2.32. The Hall–Kier alpha value is -5.01. The summed E-state index contributed by atoms with van der Waals surface area (Å²) in [5.74, 6) is 0.904. The van der Waals surface area contributed by atoms with Gasteiger partial charge in [-0.25, -0.2) is 4.98 Å². The van der Waals surface area contributed by atoms with Crippen molar-refractivity contribution in [2.75, 3.05) is 39.1 Å². The number of aromatic amines is 2. The number of ether oxygens (including phenoxy) is 1. The normalized spacial score (nSPS) is 17.5. The number of anilines is 1. The van der Waals surface area contributed by atoms with E-state index < -0.39 is 0 Å². The molecule has 4 unspecified atom stereocenters. The van der Waals surface area contributed by atoms with Gasteiger partial charge in [0.05, 0.1) is 34.8 Å². The number of methoxy groups -OCH3 is 1. The highest BCUT2D eigenvalue weighted by Gasteiger charge is 2.43. The summed E-state index contributed by atoms with van der Waals surface area (Å²) in [6, 6.07) is 18.5. The number of aryl methyl sites for hydroxylation is 1. The Labute approximate surface area is 333 Å². The topological polar surface area (TPSA) is 146 Å². The number of nitrogens with two attached hydrogens (primary N) is 1. The minimum Gasteiger partial charge on any atom is -0.481 e. The van der Waals surface area contributed by atoms with Gasteiger partial charge in [0.1, 0.15) is 4.70 Å². The van der Waals surface area contributed by atoms with Crippen LogP contribution in [-0.2, 0) is 11.2 Å². The van der Waals surface area contributed by atoms with Crippen LogP contribution in [0.5, 0.6) is 5.88 Å². The van der Waals surface area contributed by atoms with Gasteiger partial charge in [0.2, 0.25) is 11.8 Å². The average Bonchev–Trinajstić information content (AvgIpc) is 3.85. The molecule has 0 spiro atoms. The number of hydrogen-bond acceptors (Lipinski definition) is 9. The number of nitrogens with zero attached hydrogens (tertiary/aromatic N) is 2. The van der Waals surface area contributed by atoms with Crippen molar-refractivity contribution in [3.8, 4) is 28.1 Å². The van der Waals surface area contributed by atoms with Crippen LogP contribution in [0, 0.1) is 6.92 Å². The Kier molecular flexibility index (Phi) is 10.3. The van der Waals surface area contributed by atoms with Crippen LogP contribution in [0.4, 0.5) is 5.69 Å². The van der Waals surface area contributed by atoms with Gasteiger partial charge in [-0.15, -0.1) is 23.1 Å². The largest absolute Gasteiger partial charge is 0.481 e. The Balaban J connectivity index is 1.05. The average molecular weight is 787 g/mol. The molecule has 6 heterocycles. The van der Waals surface area contributed by atoms with E-state index in [9.17, 15) is 14.4 Å². The first kappa shape index (κ1) is 37.9. The third kappa shape index (κ3) is 6.68. The maximum absolute atomic E-state index is 13.5. The zero-order valence-electron chi connectivity index (χ0n) is 32.4. The lowest BCUT2D eigenvalue weighted by molar-refractivity contribution is -0.116. The van der Waals surface area contributed by atoms with Crippen LogP contribution in [0.3, 0.4) is 0 Å². The number of fused-ring (bicyclic) bond motifs is 6. The molecule has 0 fully saturated rings. The predicted octanol–water partition coefficient (Wildman–Crippen LogP) is 7.87. The number of aromatic nitrogens is 3. The third-order valence-electron chi connectivity index (χ3n) is 11.4. The number of rotatable bonds is 11. The summed E-state index contributed by atoms with van der Waals surface area (Å²) in [6.07, 6.45) is 2.83. The molecule has 5 N–H and O–H groups in total. The summed E-state index contributed by atoms with van der Waals surface area (Å²) in [5.41, 5.74) is 15.1. The molecule has 0 aliphatic carbocycles. The first-order valence-electron chi connectivity index (χ1n) is 19.0. The molecule has 4 atom stereocenters. The van der Waals surface area contributed by atoms with E-state index in [-0.39, 0.29) is 40.0 Å². The van der Waals surface area contributed by atoms with Crippen LogP contribution in [0.2, 0.25) is 0 Å². The number of carbonyl (C=O) groups is 1. The lowest BCUT2D eigenvalue weighted by atomic mass is 9.83. The van der Waals surface area contributed by atoms with E-state index in [4.69, 9.17) is 15.5 Å². The minimum atomic E-state index is -0.239. The molecule has 12 heteroatoms. The molecule has 56 heavy (non-hydrogen) atoms. The molecule has 1 amide bonds. The zero-order valence-corrected chi connectivity index (χ0v) is 34.0. The Morgan fingerprint density at radius 3 is 2.27 bits per heavy atom. The summed E-state index contributed by atoms with van der Waals surface area (Å²) >= 11 is 2.99. The van der Waals surface area contributed by atoms with Gasteiger partial charge in [0.25, 0.3) is 11.1 Å². The fourth-order valence-electron chi connectivity index (χ4n) is 8.34. The number of thiophene rings is 1. The van der Waals surface area contributed by atoms with Gasteiger partial charge in [-0.1, -0.05) is 68.5 Å². The quantitative estimate of drug-likeness (QED) is 0.104. The third-order valence-corrected chi connectivity index (χ3v) is 13.5. The van der Waals surface area contributed by atoms with Crippen molar-refractivity contribution in [3.63, 3.8) is 0 Å². The number of pyridine rings is 3. The number of allylic oxidation sites excluding steroid dienone is 2. The molecule has 8 rings (SSSR count). The second-order valence-corrected chi connectivity index (χ2v) is 17.5. The zero-order chi connectivity index (χ0) is 39.4. The molecule has 10 nitrogen and oxygen atoms in total. The predicted molar refractivity (Wildman–Crippen MR) is 231 cm³/mol. The second-order valence-electron chi connectivity index (χ2n) is 15.2. The number of carbonyl (C=O) groups excluding carboxylic acids is 1. The molecule has 0 radical (unpaired) electrons. The van der Waals surface area contributed by atoms with Gasteiger partial charge in [-0.05, 0) is 83.4 Å². The van der Waals surface area contributed by atoms with Crippen molar-refractivity contribution in [1.29, 1.82) is 0 Å². The van der Waals surface area contributed by atoms with Gasteiger partial charge < -0.3 is 30.7 Å². The Morgan fingerprint density at radius 2 is 1.59 bits per heavy atom. The summed E-state index contributed by atoms with van der Waals surface area (Å²) in [7, 11) is 3.77. The van der Waals surface area contributed by atoms with Gasteiger partial charge in [-0.2, -0.15) is 0 Å². The number of thioether (sulfide) groups is 1. The molecule has 2 aliphatic rings. The van der Waals surface area contributed by atoms with E-state index in [2.05, 4.69) is 90.5 Å². The van der Waals surface area contributed by atoms with Crippen molar-refractivity contribution in [2.24, 2.45) is 5.73 Å². The molecule has 2 aliphatic heterocycles. The maximum atomic E-state index is 13.5. The van der Waals surface area contributed by atoms with E-state index in [1.165, 1.54) is 16.9 Å². The van der Waals surface area contributed by atoms with E-state index >= 15 is 0 Å². The molecule has 2 aromatic carbocycles. The standard InChI is InChI=1S/C44H46N6O4S2/c1-22(20-45)26-7-13-29(14-8-26)34-36-31-19-24(3)56-40(31)43(53)49-38(36)32(47-44(34)54-6)15-17-50(5)21-23(2)27-9-11-28(12-10-27)33-35-30-16-18-55-39(30)42(52)48-37(35)25(4)46-41(33)51/h7-14,16,18-19,22-23,31,40H,15,17,20-21,45H2,1-6H3,(H,46,51)(H,48,52)(H,49,53). The molecule has 6 aromatic rings. The molecule has 0 saturated carbocycles. The first-order chi connectivity index (χ1) is 27.0. The second kappa shape index (κ2) is 15.2. The Bertz CT molecular complexity index is 2640. The summed E-state index contributed by atoms with van der Waals surface area (Å²) < 4.78 is 6.63. The van der Waals surface area contributed by atoms with Crippen molar-refractivity contribution in [1.82, 2.24) is 19.9 Å². The van der Waals surface area contributed by atoms with E-state index in [1.54, 1.807) is 18.9 Å². The molecule has 0 saturated heterocycles. The van der Waals surface area contributed by atoms with Crippen molar-refractivity contribution >= 4 is 55.7 Å². The number of H-pyrrole nitrogens is 2. The lowest BCUT2D eigenvalue weighted by Crippen LogP contribution is -2.35. The number of nitrogens with one attached hydrogen (secondary N) is 3. The fraction of sp³-hybridized carbons (Fsp3) is 0.318. The highest BCUT2D eigenvalue weighted by molar-refractivity contribution is 8.04. The van der Waals surface area contributed by atoms with E-state index in [0.29, 0.717) is 46.9 Å². The maximum Gasteiger partial charge on any atom is 0.266 e. The van der Waals surface area contributed by atoms with Gasteiger partial charge >= 0.3 is 0 Å². The molecular weight excluding hydrogens is 741 g/mol. The SMILES string of the molecule is COc1nc(CCN(C)CC(C)c2ccc(-c3c(=O)[nH]c(C)c4[nH]c(=O)c5sccc5c34)cc2)c2c(c1-c1ccc(C(C)CN)cc1)C1C=C(C)SC1C(=O)N2. The summed E-state index contributed by atoms with van der Waals surface area (Å²) in [6.45, 7) is 10.3. The van der Waals surface area contributed by atoms with E-state index in [1.807, 2.05) is 30.5 Å². The number of hydrogen-bond donors (Lipinski definition) is 4. The van der Waals surface area contributed by atoms with Crippen LogP contribution < -0.4 is 26.9 Å². The summed E-state index contributed by atoms with van der Waals surface area (Å²) in [5, 5.41) is 6.48. The van der Waals surface area contributed by atoms with Crippen molar-refractivity contribution in [3.05, 3.63) is 120 Å². The summed E-state index contributed by atoms with van der Waals surface area (Å²) in [4.78, 5) is 54.1. The molecule has 0 bridgehead atoms. The fourth-order valence-corrected chi connectivity index (χ4v) is 10.3. The number of likely N-dealkylation sites (N-methyl/N-ethyl adjacent to an activating group) is 1. The molecular formula is C44H46N6O4S2. The van der Waals surface area contributed by atoms with E-state index in [0.717, 1.165) is 61.4 Å². The smallest absolute Gasteiger partial charge is 0.266 e. The van der Waals surface area contributed by atoms with Crippen molar-refractivity contribution in [2.45, 2.75) is 57.1 Å². The monoisotopic (exact) mass is 786 g/mol. The molecule has 288 valence electrons. The number of benzene rings is 2. The van der Waals surface area contributed by atoms with Crippen molar-refractivity contribution < 1.29 is 9.53 Å². The highest BCUT2D eigenvalue weighted by atomic mass is 32.2. The number of amides is 1. The van der Waals surface area contributed by atoms with Gasteiger partial charge in [0, 0.05) is 47.5 Å². The van der Waals surface area contributed by atoms with Crippen LogP contribution >= 0.6 is 23.1 Å².